The van der Waals surface area contributed by atoms with E-state index in [1.165, 1.54) is 0 Å². The van der Waals surface area contributed by atoms with Crippen LogP contribution in [-0.2, 0) is 15.7 Å². The average Bonchev–Trinajstić information content (AvgIpc) is 2.48. The Morgan fingerprint density at radius 1 is 1.04 bits per heavy atom. The van der Waals surface area contributed by atoms with Crippen LogP contribution in [0.4, 0.5) is 0 Å². The predicted octanol–water partition coefficient (Wildman–Crippen LogP) is 5.02. The summed E-state index contributed by atoms with van der Waals surface area (Å²) in [6.07, 6.45) is 0.955. The van der Waals surface area contributed by atoms with Crippen LogP contribution in [0.15, 0.2) is 24.3 Å². The van der Waals surface area contributed by atoms with E-state index in [0.717, 1.165) is 24.0 Å². The summed E-state index contributed by atoms with van der Waals surface area (Å²) in [5, 5.41) is 10.1. The highest BCUT2D eigenvalue weighted by molar-refractivity contribution is 7.84. The Morgan fingerprint density at radius 2 is 1.54 bits per heavy atom. The summed E-state index contributed by atoms with van der Waals surface area (Å²) in [6.45, 7) is 16.4. The Balaban J connectivity index is 2.96. The molecule has 0 aliphatic rings. The minimum Gasteiger partial charge on any atom is -0.364 e. The van der Waals surface area contributed by atoms with Crippen LogP contribution in [0.3, 0.4) is 0 Å². The Hall–Kier alpha value is -0.750. The standard InChI is InChI=1S/C21H37NO3S/c1-15(2)25-19(23)17-11-9-16(10-12-17)18(13-14-20(3,4)5)22-26(24)21(6,7)8/h9-12,15,18-19,22-23H,13-14H2,1-8H3/t18-,19?,26?/m1/s1. The van der Waals surface area contributed by atoms with Crippen LogP contribution < -0.4 is 4.72 Å². The number of aliphatic hydroxyl groups is 1. The summed E-state index contributed by atoms with van der Waals surface area (Å²) < 4.78 is 21.0. The lowest BCUT2D eigenvalue weighted by atomic mass is 9.87. The first kappa shape index (κ1) is 23.3. The molecule has 0 heterocycles. The quantitative estimate of drug-likeness (QED) is 0.620. The molecule has 26 heavy (non-hydrogen) atoms. The van der Waals surface area contributed by atoms with Gasteiger partial charge in [-0.25, -0.2) is 8.93 Å². The summed E-state index contributed by atoms with van der Waals surface area (Å²) in [6, 6.07) is 7.75. The fraction of sp³-hybridized carbons (Fsp3) is 0.714. The number of ether oxygens (including phenoxy) is 1. The van der Waals surface area contributed by atoms with Crippen LogP contribution in [0.25, 0.3) is 0 Å². The average molecular weight is 384 g/mol. The van der Waals surface area contributed by atoms with Crippen molar-refractivity contribution in [3.63, 3.8) is 0 Å². The molecule has 3 atom stereocenters. The molecule has 0 saturated carbocycles. The van der Waals surface area contributed by atoms with Crippen LogP contribution >= 0.6 is 0 Å². The van der Waals surface area contributed by atoms with E-state index in [-0.39, 0.29) is 22.3 Å². The van der Waals surface area contributed by atoms with Crippen molar-refractivity contribution < 1.29 is 14.1 Å². The highest BCUT2D eigenvalue weighted by Crippen LogP contribution is 2.29. The van der Waals surface area contributed by atoms with Gasteiger partial charge in [-0.15, -0.1) is 0 Å². The van der Waals surface area contributed by atoms with Gasteiger partial charge in [0.25, 0.3) is 0 Å². The fourth-order valence-electron chi connectivity index (χ4n) is 2.41. The first-order valence-corrected chi connectivity index (χ1v) is 10.6. The van der Waals surface area contributed by atoms with Crippen molar-refractivity contribution in [1.29, 1.82) is 0 Å². The molecule has 150 valence electrons. The summed E-state index contributed by atoms with van der Waals surface area (Å²) in [5.74, 6) is 0. The topological polar surface area (TPSA) is 58.6 Å². The molecule has 5 heteroatoms. The van der Waals surface area contributed by atoms with E-state index < -0.39 is 17.3 Å². The van der Waals surface area contributed by atoms with E-state index in [0.29, 0.717) is 0 Å². The lowest BCUT2D eigenvalue weighted by Gasteiger charge is -2.27. The van der Waals surface area contributed by atoms with Crippen LogP contribution in [0.1, 0.15) is 91.7 Å². The maximum Gasteiger partial charge on any atom is 0.181 e. The minimum absolute atomic E-state index is 0.00601. The first-order chi connectivity index (χ1) is 11.8. The maximum atomic E-state index is 12.6. The van der Waals surface area contributed by atoms with Gasteiger partial charge >= 0.3 is 0 Å². The number of benzene rings is 1. The van der Waals surface area contributed by atoms with Crippen molar-refractivity contribution in [2.75, 3.05) is 0 Å². The molecule has 2 unspecified atom stereocenters. The van der Waals surface area contributed by atoms with E-state index in [1.54, 1.807) is 0 Å². The molecule has 0 spiro atoms. The van der Waals surface area contributed by atoms with Gasteiger partial charge in [-0.3, -0.25) is 0 Å². The Morgan fingerprint density at radius 3 is 1.96 bits per heavy atom. The third-order valence-corrected chi connectivity index (χ3v) is 5.62. The van der Waals surface area contributed by atoms with Gasteiger partial charge in [-0.2, -0.15) is 0 Å². The number of rotatable bonds is 8. The molecule has 0 aliphatic carbocycles. The van der Waals surface area contributed by atoms with E-state index in [2.05, 4.69) is 25.5 Å². The molecule has 0 radical (unpaired) electrons. The molecule has 0 fully saturated rings. The Kier molecular flexibility index (Phi) is 8.46. The number of hydrogen-bond donors (Lipinski definition) is 2. The number of hydrogen-bond acceptors (Lipinski definition) is 3. The van der Waals surface area contributed by atoms with Crippen molar-refractivity contribution in [2.24, 2.45) is 5.41 Å². The van der Waals surface area contributed by atoms with E-state index in [1.807, 2.05) is 58.9 Å². The molecule has 0 amide bonds. The van der Waals surface area contributed by atoms with Crippen molar-refractivity contribution in [3.8, 4) is 0 Å². The van der Waals surface area contributed by atoms with Gasteiger partial charge < -0.3 is 9.84 Å². The molecule has 4 nitrogen and oxygen atoms in total. The molecule has 0 bridgehead atoms. The lowest BCUT2D eigenvalue weighted by Crippen LogP contribution is -2.36. The summed E-state index contributed by atoms with van der Waals surface area (Å²) >= 11 is 0. The van der Waals surface area contributed by atoms with Gasteiger partial charge in [0.2, 0.25) is 0 Å². The minimum atomic E-state index is -1.14. The highest BCUT2D eigenvalue weighted by atomic mass is 32.2. The van der Waals surface area contributed by atoms with Gasteiger partial charge in [-0.05, 0) is 58.4 Å². The second-order valence-corrected chi connectivity index (χ2v) is 11.4. The normalized spacial score (nSPS) is 16.5. The number of nitrogens with one attached hydrogen (secondary N) is 1. The molecule has 0 aromatic heterocycles. The van der Waals surface area contributed by atoms with Crippen molar-refractivity contribution in [3.05, 3.63) is 35.4 Å². The molecule has 0 aliphatic heterocycles. The molecule has 2 N–H and O–H groups in total. The summed E-state index contributed by atoms with van der Waals surface area (Å²) in [7, 11) is -1.14. The van der Waals surface area contributed by atoms with Gasteiger partial charge in [0.15, 0.2) is 6.29 Å². The second kappa shape index (κ2) is 9.45. The summed E-state index contributed by atoms with van der Waals surface area (Å²) in [5.41, 5.74) is 2.02. The van der Waals surface area contributed by atoms with E-state index in [4.69, 9.17) is 4.74 Å². The van der Waals surface area contributed by atoms with Crippen molar-refractivity contribution in [2.45, 2.75) is 91.4 Å². The molecule has 1 aromatic rings. The second-order valence-electron chi connectivity index (χ2n) is 9.35. The molecule has 0 saturated heterocycles. The maximum absolute atomic E-state index is 12.6. The molecular weight excluding hydrogens is 346 g/mol. The monoisotopic (exact) mass is 383 g/mol. The van der Waals surface area contributed by atoms with Crippen molar-refractivity contribution >= 4 is 11.0 Å². The van der Waals surface area contributed by atoms with Crippen LogP contribution in [-0.4, -0.2) is 20.2 Å². The zero-order valence-corrected chi connectivity index (χ0v) is 18.4. The Labute approximate surface area is 162 Å². The van der Waals surface area contributed by atoms with Gasteiger partial charge in [0.1, 0.15) is 0 Å². The highest BCUT2D eigenvalue weighted by Gasteiger charge is 2.25. The lowest BCUT2D eigenvalue weighted by molar-refractivity contribution is -0.129. The van der Waals surface area contributed by atoms with Crippen LogP contribution in [0.2, 0.25) is 0 Å². The fourth-order valence-corrected chi connectivity index (χ4v) is 3.27. The van der Waals surface area contributed by atoms with Gasteiger partial charge in [-0.1, -0.05) is 45.0 Å². The SMILES string of the molecule is CC(C)OC(O)c1ccc([C@@H](CCC(C)(C)C)NS(=O)C(C)(C)C)cc1. The molecular formula is C21H37NO3S. The molecule has 1 rings (SSSR count). The largest absolute Gasteiger partial charge is 0.364 e. The predicted molar refractivity (Wildman–Crippen MR) is 110 cm³/mol. The molecule has 1 aromatic carbocycles. The zero-order valence-electron chi connectivity index (χ0n) is 17.6. The van der Waals surface area contributed by atoms with E-state index in [9.17, 15) is 9.32 Å². The summed E-state index contributed by atoms with van der Waals surface area (Å²) in [4.78, 5) is 0. The zero-order chi connectivity index (χ0) is 20.1. The van der Waals surface area contributed by atoms with Crippen LogP contribution in [0, 0.1) is 5.41 Å². The van der Waals surface area contributed by atoms with Gasteiger partial charge in [0.05, 0.1) is 21.8 Å². The van der Waals surface area contributed by atoms with Gasteiger partial charge in [0, 0.05) is 11.6 Å². The Bertz CT molecular complexity index is 570. The first-order valence-electron chi connectivity index (χ1n) is 9.41. The van der Waals surface area contributed by atoms with E-state index >= 15 is 0 Å². The third kappa shape index (κ3) is 8.30. The van der Waals surface area contributed by atoms with Crippen LogP contribution in [0.5, 0.6) is 0 Å². The third-order valence-electron chi connectivity index (χ3n) is 4.01. The van der Waals surface area contributed by atoms with Crippen molar-refractivity contribution in [1.82, 2.24) is 4.72 Å². The smallest absolute Gasteiger partial charge is 0.181 e. The number of aliphatic hydroxyl groups excluding tert-OH is 1.